The number of hydrogen-bond acceptors (Lipinski definition) is 6. The molecule has 6 heteroatoms. The number of rotatable bonds is 7. The van der Waals surface area contributed by atoms with E-state index in [4.69, 9.17) is 9.47 Å². The summed E-state index contributed by atoms with van der Waals surface area (Å²) in [6, 6.07) is 8.38. The number of hydrogen-bond donors (Lipinski definition) is 1. The molecule has 2 aromatic rings. The summed E-state index contributed by atoms with van der Waals surface area (Å²) in [6.45, 7) is 5.35. The summed E-state index contributed by atoms with van der Waals surface area (Å²) in [5.74, 6) is 2.39. The van der Waals surface area contributed by atoms with Crippen molar-refractivity contribution >= 4 is 5.95 Å². The van der Waals surface area contributed by atoms with Crippen LogP contribution in [0.4, 0.5) is 5.95 Å². The lowest BCUT2D eigenvalue weighted by atomic mass is 10.1. The fraction of sp³-hybridized carbons (Fsp3) is 0.474. The van der Waals surface area contributed by atoms with Crippen molar-refractivity contribution in [2.75, 3.05) is 31.7 Å². The molecule has 25 heavy (non-hydrogen) atoms. The van der Waals surface area contributed by atoms with E-state index in [1.165, 1.54) is 5.56 Å². The molecule has 1 aliphatic rings. The summed E-state index contributed by atoms with van der Waals surface area (Å²) in [5, 5.41) is 3.65. The number of methoxy groups -OCH3 is 1. The monoisotopic (exact) mass is 342 g/mol. The molecule has 0 saturated carbocycles. The molecule has 1 N–H and O–H groups in total. The van der Waals surface area contributed by atoms with E-state index in [2.05, 4.69) is 26.3 Å². The predicted molar refractivity (Wildman–Crippen MR) is 98.3 cm³/mol. The Hall–Kier alpha value is -2.34. The van der Waals surface area contributed by atoms with Crippen LogP contribution in [0.3, 0.4) is 0 Å². The second-order valence-electron chi connectivity index (χ2n) is 6.13. The number of nitrogens with zero attached hydrogens (tertiary/aromatic N) is 3. The van der Waals surface area contributed by atoms with Crippen LogP contribution in [0.1, 0.15) is 25.3 Å². The Morgan fingerprint density at radius 1 is 1.24 bits per heavy atom. The van der Waals surface area contributed by atoms with E-state index in [1.54, 1.807) is 19.5 Å². The van der Waals surface area contributed by atoms with Gasteiger partial charge in [-0.1, -0.05) is 6.07 Å². The molecule has 1 aliphatic heterocycles. The van der Waals surface area contributed by atoms with Gasteiger partial charge in [0.05, 0.1) is 13.7 Å². The molecule has 1 aromatic carbocycles. The quantitative estimate of drug-likeness (QED) is 0.835. The number of nitrogens with one attached hydrogen (secondary N) is 1. The van der Waals surface area contributed by atoms with Crippen LogP contribution in [-0.4, -0.2) is 42.8 Å². The number of benzene rings is 1. The number of aromatic nitrogens is 2. The molecule has 0 aliphatic carbocycles. The van der Waals surface area contributed by atoms with Crippen molar-refractivity contribution in [3.63, 3.8) is 0 Å². The standard InChI is InChI=1S/C19H26N4O2/c1-3-25-17-8-7-15(12-18(17)24-2)13-22-16-6-4-11-23(14-16)19-20-9-5-10-21-19/h5,7-10,12,16,22H,3-4,6,11,13-14H2,1-2H3/t16-/m0/s1. The van der Waals surface area contributed by atoms with Gasteiger partial charge in [-0.05, 0) is 43.5 Å². The second-order valence-corrected chi connectivity index (χ2v) is 6.13. The van der Waals surface area contributed by atoms with Gasteiger partial charge >= 0.3 is 0 Å². The molecule has 0 radical (unpaired) electrons. The average Bonchev–Trinajstić information content (AvgIpc) is 2.68. The molecule has 134 valence electrons. The van der Waals surface area contributed by atoms with E-state index < -0.39 is 0 Å². The van der Waals surface area contributed by atoms with Gasteiger partial charge in [-0.25, -0.2) is 9.97 Å². The Morgan fingerprint density at radius 3 is 2.84 bits per heavy atom. The molecule has 0 bridgehead atoms. The van der Waals surface area contributed by atoms with Crippen molar-refractivity contribution in [2.45, 2.75) is 32.4 Å². The van der Waals surface area contributed by atoms with Crippen molar-refractivity contribution in [2.24, 2.45) is 0 Å². The van der Waals surface area contributed by atoms with Crippen molar-refractivity contribution in [1.82, 2.24) is 15.3 Å². The number of piperidine rings is 1. The molecule has 0 unspecified atom stereocenters. The fourth-order valence-corrected chi connectivity index (χ4v) is 3.14. The third-order valence-corrected chi connectivity index (χ3v) is 4.38. The lowest BCUT2D eigenvalue weighted by Gasteiger charge is -2.33. The summed E-state index contributed by atoms with van der Waals surface area (Å²) in [5.41, 5.74) is 1.19. The van der Waals surface area contributed by atoms with Crippen LogP contribution >= 0.6 is 0 Å². The highest BCUT2D eigenvalue weighted by molar-refractivity contribution is 5.43. The van der Waals surface area contributed by atoms with Crippen LogP contribution in [-0.2, 0) is 6.54 Å². The Labute approximate surface area is 149 Å². The third kappa shape index (κ3) is 4.60. The van der Waals surface area contributed by atoms with Gasteiger partial charge in [0.2, 0.25) is 5.95 Å². The molecule has 6 nitrogen and oxygen atoms in total. The van der Waals surface area contributed by atoms with E-state index in [9.17, 15) is 0 Å². The summed E-state index contributed by atoms with van der Waals surface area (Å²) in [7, 11) is 1.67. The number of ether oxygens (including phenoxy) is 2. The summed E-state index contributed by atoms with van der Waals surface area (Å²) >= 11 is 0. The van der Waals surface area contributed by atoms with Gasteiger partial charge < -0.3 is 19.7 Å². The van der Waals surface area contributed by atoms with E-state index >= 15 is 0 Å². The highest BCUT2D eigenvalue weighted by atomic mass is 16.5. The maximum atomic E-state index is 5.57. The van der Waals surface area contributed by atoms with Crippen LogP contribution < -0.4 is 19.7 Å². The molecule has 1 aromatic heterocycles. The zero-order valence-corrected chi connectivity index (χ0v) is 14.9. The molecule has 1 saturated heterocycles. The topological polar surface area (TPSA) is 59.5 Å². The van der Waals surface area contributed by atoms with Crippen LogP contribution in [0.25, 0.3) is 0 Å². The minimum Gasteiger partial charge on any atom is -0.493 e. The highest BCUT2D eigenvalue weighted by Crippen LogP contribution is 2.28. The van der Waals surface area contributed by atoms with Gasteiger partial charge in [0.15, 0.2) is 11.5 Å². The predicted octanol–water partition coefficient (Wildman–Crippen LogP) is 2.64. The molecule has 3 rings (SSSR count). The molecular weight excluding hydrogens is 316 g/mol. The Kier molecular flexibility index (Phi) is 6.06. The normalized spacial score (nSPS) is 17.4. The number of anilines is 1. The van der Waals surface area contributed by atoms with Crippen molar-refractivity contribution < 1.29 is 9.47 Å². The second kappa shape index (κ2) is 8.67. The van der Waals surface area contributed by atoms with Crippen molar-refractivity contribution in [3.05, 3.63) is 42.2 Å². The van der Waals surface area contributed by atoms with E-state index in [1.807, 2.05) is 25.1 Å². The first-order valence-electron chi connectivity index (χ1n) is 8.85. The first-order chi connectivity index (χ1) is 12.3. The largest absolute Gasteiger partial charge is 0.493 e. The molecule has 0 spiro atoms. The molecule has 2 heterocycles. The van der Waals surface area contributed by atoms with Crippen LogP contribution in [0.5, 0.6) is 11.5 Å². The Balaban J connectivity index is 1.58. The van der Waals surface area contributed by atoms with Crippen LogP contribution in [0.15, 0.2) is 36.7 Å². The smallest absolute Gasteiger partial charge is 0.225 e. The summed E-state index contributed by atoms with van der Waals surface area (Å²) < 4.78 is 11.0. The molecule has 0 amide bonds. The first-order valence-corrected chi connectivity index (χ1v) is 8.85. The molecule has 1 atom stereocenters. The summed E-state index contributed by atoms with van der Waals surface area (Å²) in [6.07, 6.45) is 5.90. The molecular formula is C19H26N4O2. The van der Waals surface area contributed by atoms with Crippen molar-refractivity contribution in [1.29, 1.82) is 0 Å². The Morgan fingerprint density at radius 2 is 2.08 bits per heavy atom. The van der Waals surface area contributed by atoms with Crippen molar-refractivity contribution in [3.8, 4) is 11.5 Å². The summed E-state index contributed by atoms with van der Waals surface area (Å²) in [4.78, 5) is 11.0. The minimum absolute atomic E-state index is 0.426. The van der Waals surface area contributed by atoms with E-state index in [0.29, 0.717) is 12.6 Å². The maximum absolute atomic E-state index is 5.57. The van der Waals surface area contributed by atoms with Gasteiger partial charge in [-0.15, -0.1) is 0 Å². The van der Waals surface area contributed by atoms with Gasteiger partial charge in [-0.2, -0.15) is 0 Å². The van der Waals surface area contributed by atoms with Gasteiger partial charge in [0.1, 0.15) is 0 Å². The zero-order chi connectivity index (χ0) is 17.5. The van der Waals surface area contributed by atoms with Gasteiger partial charge in [0, 0.05) is 38.1 Å². The Bertz CT molecular complexity index is 666. The van der Waals surface area contributed by atoms with Gasteiger partial charge in [-0.3, -0.25) is 0 Å². The zero-order valence-electron chi connectivity index (χ0n) is 14.9. The lowest BCUT2D eigenvalue weighted by molar-refractivity contribution is 0.310. The third-order valence-electron chi connectivity index (χ3n) is 4.38. The van der Waals surface area contributed by atoms with Gasteiger partial charge in [0.25, 0.3) is 0 Å². The SMILES string of the molecule is CCOc1ccc(CN[C@H]2CCCN(c3ncccn3)C2)cc1OC. The highest BCUT2D eigenvalue weighted by Gasteiger charge is 2.21. The fourth-order valence-electron chi connectivity index (χ4n) is 3.14. The van der Waals surface area contributed by atoms with E-state index in [-0.39, 0.29) is 0 Å². The van der Waals surface area contributed by atoms with E-state index in [0.717, 1.165) is 49.9 Å². The maximum Gasteiger partial charge on any atom is 0.225 e. The van der Waals surface area contributed by atoms with Crippen LogP contribution in [0.2, 0.25) is 0 Å². The molecule has 1 fully saturated rings. The average molecular weight is 342 g/mol. The minimum atomic E-state index is 0.426. The first kappa shape index (κ1) is 17.5. The van der Waals surface area contributed by atoms with Crippen LogP contribution in [0, 0.1) is 0 Å². The lowest BCUT2D eigenvalue weighted by Crippen LogP contribution is -2.46.